The maximum atomic E-state index is 13.2. The number of fused-ring (bicyclic) bond motifs is 1. The topological polar surface area (TPSA) is 69.0 Å². The van der Waals surface area contributed by atoms with E-state index in [1.165, 1.54) is 22.5 Å². The summed E-state index contributed by atoms with van der Waals surface area (Å²) in [5.41, 5.74) is 4.71. The first kappa shape index (κ1) is 21.5. The third kappa shape index (κ3) is 4.77. The Bertz CT molecular complexity index is 1230. The van der Waals surface area contributed by atoms with E-state index < -0.39 is 0 Å². The van der Waals surface area contributed by atoms with Gasteiger partial charge in [0.15, 0.2) is 6.61 Å². The summed E-state index contributed by atoms with van der Waals surface area (Å²) < 4.78 is 18.8. The number of halogens is 1. The van der Waals surface area contributed by atoms with Crippen molar-refractivity contribution in [2.24, 2.45) is 0 Å². The summed E-state index contributed by atoms with van der Waals surface area (Å²) in [6, 6.07) is 17.4. The van der Waals surface area contributed by atoms with Crippen LogP contribution < -0.4 is 10.1 Å². The van der Waals surface area contributed by atoms with E-state index in [4.69, 9.17) is 4.74 Å². The molecule has 0 aliphatic heterocycles. The molecule has 4 rings (SSSR count). The van der Waals surface area contributed by atoms with Gasteiger partial charge in [-0.3, -0.25) is 4.79 Å². The van der Waals surface area contributed by atoms with Crippen molar-refractivity contribution in [2.45, 2.75) is 33.1 Å². The van der Waals surface area contributed by atoms with Crippen LogP contribution in [0.15, 0.2) is 60.7 Å². The van der Waals surface area contributed by atoms with Crippen LogP contribution in [-0.2, 0) is 4.79 Å². The molecule has 1 aromatic heterocycles. The average molecular weight is 432 g/mol. The number of rotatable bonds is 7. The van der Waals surface area contributed by atoms with Crippen molar-refractivity contribution in [3.8, 4) is 11.4 Å². The van der Waals surface area contributed by atoms with Crippen LogP contribution in [0.1, 0.15) is 37.3 Å². The van der Waals surface area contributed by atoms with Gasteiger partial charge in [-0.2, -0.15) is 4.80 Å². The van der Waals surface area contributed by atoms with Crippen LogP contribution in [0.5, 0.6) is 5.75 Å². The molecule has 3 aromatic carbocycles. The number of aryl methyl sites for hydroxylation is 1. The number of aromatic nitrogens is 3. The van der Waals surface area contributed by atoms with Gasteiger partial charge >= 0.3 is 0 Å². The number of ether oxygens (including phenoxy) is 1. The molecule has 1 N–H and O–H groups in total. The SMILES string of the molecule is CC[C@@H](C)c1ccc(OCC(=O)Nc2cc3nn(-c4ccc(F)cc4)nc3cc2C)cc1. The van der Waals surface area contributed by atoms with E-state index in [0.717, 1.165) is 12.0 Å². The van der Waals surface area contributed by atoms with Gasteiger partial charge in [0.25, 0.3) is 5.91 Å². The largest absolute Gasteiger partial charge is 0.484 e. The van der Waals surface area contributed by atoms with Gasteiger partial charge in [0.05, 0.1) is 5.69 Å². The molecule has 1 atom stereocenters. The van der Waals surface area contributed by atoms with Crippen LogP contribution in [0.3, 0.4) is 0 Å². The highest BCUT2D eigenvalue weighted by Gasteiger charge is 2.12. The number of nitrogens with zero attached hydrogens (tertiary/aromatic N) is 3. The minimum atomic E-state index is -0.319. The Morgan fingerprint density at radius 2 is 1.72 bits per heavy atom. The molecule has 0 aliphatic carbocycles. The van der Waals surface area contributed by atoms with E-state index in [0.29, 0.717) is 34.1 Å². The second-order valence-electron chi connectivity index (χ2n) is 7.84. The maximum Gasteiger partial charge on any atom is 0.262 e. The lowest BCUT2D eigenvalue weighted by Crippen LogP contribution is -2.20. The van der Waals surface area contributed by atoms with E-state index in [2.05, 4.69) is 29.4 Å². The van der Waals surface area contributed by atoms with Crippen molar-refractivity contribution in [3.05, 3.63) is 77.6 Å². The van der Waals surface area contributed by atoms with Crippen molar-refractivity contribution in [1.82, 2.24) is 15.0 Å². The molecule has 32 heavy (non-hydrogen) atoms. The van der Waals surface area contributed by atoms with Gasteiger partial charge in [0.1, 0.15) is 22.6 Å². The minimum Gasteiger partial charge on any atom is -0.484 e. The molecule has 1 amide bonds. The summed E-state index contributed by atoms with van der Waals surface area (Å²) in [4.78, 5) is 13.9. The zero-order chi connectivity index (χ0) is 22.7. The van der Waals surface area contributed by atoms with Crippen LogP contribution >= 0.6 is 0 Å². The zero-order valence-electron chi connectivity index (χ0n) is 18.3. The Balaban J connectivity index is 1.43. The molecule has 0 bridgehead atoms. The number of benzene rings is 3. The molecule has 1 heterocycles. The lowest BCUT2D eigenvalue weighted by atomic mass is 9.99. The normalized spacial score (nSPS) is 12.0. The van der Waals surface area contributed by atoms with E-state index in [1.54, 1.807) is 18.2 Å². The molecule has 0 unspecified atom stereocenters. The number of anilines is 1. The van der Waals surface area contributed by atoms with Crippen LogP contribution in [-0.4, -0.2) is 27.5 Å². The summed E-state index contributed by atoms with van der Waals surface area (Å²) in [5, 5.41) is 11.8. The minimum absolute atomic E-state index is 0.0948. The molecule has 0 radical (unpaired) electrons. The van der Waals surface area contributed by atoms with E-state index >= 15 is 0 Å². The highest BCUT2D eigenvalue weighted by Crippen LogP contribution is 2.23. The molecule has 0 spiro atoms. The lowest BCUT2D eigenvalue weighted by Gasteiger charge is -2.11. The number of carbonyl (C=O) groups excluding carboxylic acids is 1. The van der Waals surface area contributed by atoms with E-state index in [1.807, 2.05) is 37.3 Å². The third-order valence-corrected chi connectivity index (χ3v) is 5.49. The predicted molar refractivity (Wildman–Crippen MR) is 123 cm³/mol. The first-order valence-corrected chi connectivity index (χ1v) is 10.6. The van der Waals surface area contributed by atoms with Gasteiger partial charge in [-0.25, -0.2) is 4.39 Å². The Labute approximate surface area is 186 Å². The lowest BCUT2D eigenvalue weighted by molar-refractivity contribution is -0.118. The molecule has 0 saturated carbocycles. The number of nitrogens with one attached hydrogen (secondary N) is 1. The molecular weight excluding hydrogens is 407 g/mol. The quantitative estimate of drug-likeness (QED) is 0.425. The average Bonchev–Trinajstić information content (AvgIpc) is 3.20. The Kier molecular flexibility index (Phi) is 6.16. The Hall–Kier alpha value is -3.74. The summed E-state index contributed by atoms with van der Waals surface area (Å²) in [6.45, 7) is 6.13. The predicted octanol–water partition coefficient (Wildman–Crippen LogP) is 5.40. The van der Waals surface area contributed by atoms with Crippen molar-refractivity contribution in [2.75, 3.05) is 11.9 Å². The molecule has 0 saturated heterocycles. The molecule has 164 valence electrons. The van der Waals surface area contributed by atoms with Gasteiger partial charge in [-0.15, -0.1) is 10.2 Å². The van der Waals surface area contributed by atoms with E-state index in [9.17, 15) is 9.18 Å². The van der Waals surface area contributed by atoms with Gasteiger partial charge in [-0.05, 0) is 78.9 Å². The fourth-order valence-corrected chi connectivity index (χ4v) is 3.36. The van der Waals surface area contributed by atoms with Crippen molar-refractivity contribution in [1.29, 1.82) is 0 Å². The van der Waals surface area contributed by atoms with Gasteiger partial charge in [-0.1, -0.05) is 26.0 Å². The Morgan fingerprint density at radius 1 is 1.06 bits per heavy atom. The van der Waals surface area contributed by atoms with Crippen LogP contribution in [0, 0.1) is 12.7 Å². The van der Waals surface area contributed by atoms with Crippen molar-refractivity contribution in [3.63, 3.8) is 0 Å². The summed E-state index contributed by atoms with van der Waals surface area (Å²) in [6.07, 6.45) is 1.07. The number of hydrogen-bond donors (Lipinski definition) is 1. The number of amides is 1. The molecule has 7 heteroatoms. The third-order valence-electron chi connectivity index (χ3n) is 5.49. The number of carbonyl (C=O) groups is 1. The monoisotopic (exact) mass is 432 g/mol. The standard InChI is InChI=1S/C25H25FN4O2/c1-4-16(2)18-5-11-21(12-6-18)32-15-25(31)27-22-14-24-23(13-17(22)3)28-30(29-24)20-9-7-19(26)8-10-20/h5-14,16H,4,15H2,1-3H3,(H,27,31)/t16-/m1/s1. The summed E-state index contributed by atoms with van der Waals surface area (Å²) >= 11 is 0. The van der Waals surface area contributed by atoms with Crippen molar-refractivity contribution < 1.29 is 13.9 Å². The maximum absolute atomic E-state index is 13.2. The highest BCUT2D eigenvalue weighted by molar-refractivity contribution is 5.95. The van der Waals surface area contributed by atoms with Gasteiger partial charge in [0.2, 0.25) is 0 Å². The van der Waals surface area contributed by atoms with E-state index in [-0.39, 0.29) is 18.3 Å². The van der Waals surface area contributed by atoms with Crippen LogP contribution in [0.2, 0.25) is 0 Å². The molecular formula is C25H25FN4O2. The second kappa shape index (κ2) is 9.18. The first-order chi connectivity index (χ1) is 15.4. The second-order valence-corrected chi connectivity index (χ2v) is 7.84. The highest BCUT2D eigenvalue weighted by atomic mass is 19.1. The van der Waals surface area contributed by atoms with Crippen LogP contribution in [0.25, 0.3) is 16.7 Å². The number of hydrogen-bond acceptors (Lipinski definition) is 4. The Morgan fingerprint density at radius 3 is 2.38 bits per heavy atom. The summed E-state index contributed by atoms with van der Waals surface area (Å²) in [5.74, 6) is 0.567. The zero-order valence-corrected chi connectivity index (χ0v) is 18.3. The fraction of sp³-hybridized carbons (Fsp3) is 0.240. The van der Waals surface area contributed by atoms with Gasteiger partial charge < -0.3 is 10.1 Å². The molecule has 6 nitrogen and oxygen atoms in total. The summed E-state index contributed by atoms with van der Waals surface area (Å²) in [7, 11) is 0. The van der Waals surface area contributed by atoms with Crippen LogP contribution in [0.4, 0.5) is 10.1 Å². The molecule has 0 fully saturated rings. The smallest absolute Gasteiger partial charge is 0.262 e. The fourth-order valence-electron chi connectivity index (χ4n) is 3.36. The molecule has 4 aromatic rings. The van der Waals surface area contributed by atoms with Crippen molar-refractivity contribution >= 4 is 22.6 Å². The first-order valence-electron chi connectivity index (χ1n) is 10.6. The van der Waals surface area contributed by atoms with Gasteiger partial charge in [0, 0.05) is 5.69 Å². The molecule has 0 aliphatic rings.